The Bertz CT molecular complexity index is 417. The number of nitrogens with two attached hydrogens (primary N) is 1. The molecule has 1 aromatic rings. The molecule has 0 bridgehead atoms. The molecule has 1 fully saturated rings. The van der Waals surface area contributed by atoms with E-state index in [-0.39, 0.29) is 6.04 Å². The van der Waals surface area contributed by atoms with Gasteiger partial charge in [-0.2, -0.15) is 0 Å². The van der Waals surface area contributed by atoms with Crippen LogP contribution in [0.4, 0.5) is 5.69 Å². The first-order valence-electron chi connectivity index (χ1n) is 7.31. The summed E-state index contributed by atoms with van der Waals surface area (Å²) in [6.07, 6.45) is 3.85. The number of hydrogen-bond donors (Lipinski definition) is 1. The zero-order chi connectivity index (χ0) is 13.8. The second-order valence-corrected chi connectivity index (χ2v) is 5.70. The van der Waals surface area contributed by atoms with E-state index in [1.807, 2.05) is 13.0 Å². The van der Waals surface area contributed by atoms with Crippen LogP contribution in [0.3, 0.4) is 0 Å². The molecule has 3 heteroatoms. The summed E-state index contributed by atoms with van der Waals surface area (Å²) in [5.74, 6) is 1.74. The van der Waals surface area contributed by atoms with Crippen LogP contribution in [0.2, 0.25) is 0 Å². The predicted molar refractivity (Wildman–Crippen MR) is 80.8 cm³/mol. The van der Waals surface area contributed by atoms with Crippen LogP contribution >= 0.6 is 0 Å². The van der Waals surface area contributed by atoms with E-state index in [2.05, 4.69) is 24.0 Å². The standard InChI is InChI=1S/C16H26N2O/c1-12-6-5-10-18(11-9-12)14-7-4-8-15(19-3)16(14)13(2)17/h4,7-8,12-13H,5-6,9-11,17H2,1-3H3/t12?,13-/m1/s1. The quantitative estimate of drug-likeness (QED) is 0.908. The summed E-state index contributed by atoms with van der Waals surface area (Å²) >= 11 is 0. The van der Waals surface area contributed by atoms with E-state index in [9.17, 15) is 0 Å². The summed E-state index contributed by atoms with van der Waals surface area (Å²) in [5.41, 5.74) is 8.55. The monoisotopic (exact) mass is 262 g/mol. The highest BCUT2D eigenvalue weighted by Crippen LogP contribution is 2.35. The normalized spacial score (nSPS) is 21.9. The van der Waals surface area contributed by atoms with Crippen molar-refractivity contribution < 1.29 is 4.74 Å². The molecule has 2 rings (SSSR count). The van der Waals surface area contributed by atoms with Crippen molar-refractivity contribution in [3.63, 3.8) is 0 Å². The van der Waals surface area contributed by atoms with Crippen molar-refractivity contribution in [2.75, 3.05) is 25.1 Å². The summed E-state index contributed by atoms with van der Waals surface area (Å²) in [6.45, 7) is 6.62. The third-order valence-corrected chi connectivity index (χ3v) is 4.08. The largest absolute Gasteiger partial charge is 0.496 e. The second-order valence-electron chi connectivity index (χ2n) is 5.70. The molecular weight excluding hydrogens is 236 g/mol. The minimum Gasteiger partial charge on any atom is -0.496 e. The molecule has 1 aromatic carbocycles. The van der Waals surface area contributed by atoms with Gasteiger partial charge in [0.15, 0.2) is 0 Å². The van der Waals surface area contributed by atoms with Crippen LogP contribution < -0.4 is 15.4 Å². The first-order chi connectivity index (χ1) is 9.13. The van der Waals surface area contributed by atoms with E-state index < -0.39 is 0 Å². The van der Waals surface area contributed by atoms with Gasteiger partial charge in [0, 0.05) is 30.4 Å². The van der Waals surface area contributed by atoms with Crippen LogP contribution in [0.5, 0.6) is 5.75 Å². The molecule has 19 heavy (non-hydrogen) atoms. The molecule has 0 radical (unpaired) electrons. The van der Waals surface area contributed by atoms with Gasteiger partial charge in [0.05, 0.1) is 7.11 Å². The van der Waals surface area contributed by atoms with Crippen molar-refractivity contribution in [3.8, 4) is 5.75 Å². The number of rotatable bonds is 3. The molecule has 2 atom stereocenters. The zero-order valence-corrected chi connectivity index (χ0v) is 12.4. The lowest BCUT2D eigenvalue weighted by atomic mass is 10.0. The van der Waals surface area contributed by atoms with Gasteiger partial charge in [0.1, 0.15) is 5.75 Å². The van der Waals surface area contributed by atoms with Crippen molar-refractivity contribution in [2.24, 2.45) is 11.7 Å². The highest BCUT2D eigenvalue weighted by molar-refractivity contribution is 5.60. The molecule has 1 heterocycles. The number of methoxy groups -OCH3 is 1. The number of ether oxygens (including phenoxy) is 1. The Kier molecular flexibility index (Phi) is 4.70. The molecule has 1 saturated heterocycles. The Morgan fingerprint density at radius 2 is 2.11 bits per heavy atom. The van der Waals surface area contributed by atoms with Gasteiger partial charge in [-0.15, -0.1) is 0 Å². The fourth-order valence-corrected chi connectivity index (χ4v) is 2.95. The fraction of sp³-hybridized carbons (Fsp3) is 0.625. The predicted octanol–water partition coefficient (Wildman–Crippen LogP) is 3.34. The van der Waals surface area contributed by atoms with E-state index in [1.165, 1.54) is 24.9 Å². The molecule has 0 saturated carbocycles. The maximum absolute atomic E-state index is 6.16. The van der Waals surface area contributed by atoms with Crippen molar-refractivity contribution in [1.82, 2.24) is 0 Å². The van der Waals surface area contributed by atoms with Crippen molar-refractivity contribution >= 4 is 5.69 Å². The molecule has 3 nitrogen and oxygen atoms in total. The lowest BCUT2D eigenvalue weighted by molar-refractivity contribution is 0.407. The fourth-order valence-electron chi connectivity index (χ4n) is 2.95. The minimum absolute atomic E-state index is 0.00757. The Hall–Kier alpha value is -1.22. The smallest absolute Gasteiger partial charge is 0.125 e. The maximum Gasteiger partial charge on any atom is 0.125 e. The molecule has 1 unspecified atom stereocenters. The number of benzene rings is 1. The lowest BCUT2D eigenvalue weighted by Crippen LogP contribution is -2.26. The number of hydrogen-bond acceptors (Lipinski definition) is 3. The van der Waals surface area contributed by atoms with E-state index in [0.29, 0.717) is 0 Å². The molecule has 0 aromatic heterocycles. The molecule has 0 aliphatic carbocycles. The Morgan fingerprint density at radius 1 is 1.32 bits per heavy atom. The first kappa shape index (κ1) is 14.2. The molecule has 0 amide bonds. The van der Waals surface area contributed by atoms with Crippen molar-refractivity contribution in [2.45, 2.75) is 39.2 Å². The van der Waals surface area contributed by atoms with Gasteiger partial charge in [-0.05, 0) is 44.2 Å². The molecular formula is C16H26N2O. The van der Waals surface area contributed by atoms with Crippen LogP contribution in [0.25, 0.3) is 0 Å². The Balaban J connectivity index is 2.32. The Morgan fingerprint density at radius 3 is 2.79 bits per heavy atom. The summed E-state index contributed by atoms with van der Waals surface area (Å²) < 4.78 is 5.48. The van der Waals surface area contributed by atoms with Crippen LogP contribution in [0, 0.1) is 5.92 Å². The van der Waals surface area contributed by atoms with E-state index >= 15 is 0 Å². The van der Waals surface area contributed by atoms with Crippen molar-refractivity contribution in [3.05, 3.63) is 23.8 Å². The van der Waals surface area contributed by atoms with Gasteiger partial charge < -0.3 is 15.4 Å². The number of anilines is 1. The third-order valence-electron chi connectivity index (χ3n) is 4.08. The average molecular weight is 262 g/mol. The van der Waals surface area contributed by atoms with Crippen LogP contribution in [0.1, 0.15) is 44.7 Å². The molecule has 106 valence electrons. The van der Waals surface area contributed by atoms with Crippen molar-refractivity contribution in [1.29, 1.82) is 0 Å². The molecule has 2 N–H and O–H groups in total. The summed E-state index contributed by atoms with van der Waals surface area (Å²) in [7, 11) is 1.72. The summed E-state index contributed by atoms with van der Waals surface area (Å²) in [6, 6.07) is 6.24. The van der Waals surface area contributed by atoms with E-state index in [4.69, 9.17) is 10.5 Å². The van der Waals surface area contributed by atoms with E-state index in [1.54, 1.807) is 7.11 Å². The third kappa shape index (κ3) is 3.21. The average Bonchev–Trinajstić information content (AvgIpc) is 2.62. The molecule has 0 spiro atoms. The second kappa shape index (κ2) is 6.29. The van der Waals surface area contributed by atoms with Crippen LogP contribution in [-0.2, 0) is 0 Å². The van der Waals surface area contributed by atoms with Gasteiger partial charge in [-0.1, -0.05) is 13.0 Å². The van der Waals surface area contributed by atoms with E-state index in [0.717, 1.165) is 30.3 Å². The lowest BCUT2D eigenvalue weighted by Gasteiger charge is -2.28. The molecule has 1 aliphatic rings. The van der Waals surface area contributed by atoms with Crippen LogP contribution in [-0.4, -0.2) is 20.2 Å². The van der Waals surface area contributed by atoms with Gasteiger partial charge in [-0.3, -0.25) is 0 Å². The summed E-state index contributed by atoms with van der Waals surface area (Å²) in [4.78, 5) is 2.48. The maximum atomic E-state index is 6.16. The zero-order valence-electron chi connectivity index (χ0n) is 12.4. The first-order valence-corrected chi connectivity index (χ1v) is 7.31. The van der Waals surface area contributed by atoms with Crippen LogP contribution in [0.15, 0.2) is 18.2 Å². The van der Waals surface area contributed by atoms with Gasteiger partial charge >= 0.3 is 0 Å². The minimum atomic E-state index is -0.00757. The van der Waals surface area contributed by atoms with Gasteiger partial charge in [0.25, 0.3) is 0 Å². The SMILES string of the molecule is COc1cccc(N2CCCC(C)CC2)c1[C@@H](C)N. The Labute approximate surface area is 116 Å². The topological polar surface area (TPSA) is 38.5 Å². The highest BCUT2D eigenvalue weighted by Gasteiger charge is 2.20. The number of nitrogens with zero attached hydrogens (tertiary/aromatic N) is 1. The van der Waals surface area contributed by atoms with Gasteiger partial charge in [-0.25, -0.2) is 0 Å². The molecule has 1 aliphatic heterocycles. The van der Waals surface area contributed by atoms with Gasteiger partial charge in [0.2, 0.25) is 0 Å². The summed E-state index contributed by atoms with van der Waals surface area (Å²) in [5, 5.41) is 0. The highest BCUT2D eigenvalue weighted by atomic mass is 16.5.